The number of benzene rings is 4. The van der Waals surface area contributed by atoms with Gasteiger partial charge < -0.3 is 0 Å². The van der Waals surface area contributed by atoms with Crippen LogP contribution in [-0.4, -0.2) is 30.2 Å². The summed E-state index contributed by atoms with van der Waals surface area (Å²) in [6.45, 7) is 0. The SMILES string of the molecule is O=S1(=O)c2cccc[c]2[Bi]([c]2cccc3ccccc23)[c]2ccccc21. The molecule has 0 fully saturated rings. The van der Waals surface area contributed by atoms with Crippen molar-refractivity contribution >= 4 is 52.2 Å². The Morgan fingerprint density at radius 1 is 0.538 bits per heavy atom. The van der Waals surface area contributed by atoms with E-state index in [4.69, 9.17) is 0 Å². The van der Waals surface area contributed by atoms with Crippen molar-refractivity contribution in [3.05, 3.63) is 91.0 Å². The predicted molar refractivity (Wildman–Crippen MR) is 107 cm³/mol. The molecular formula is C22H15BiO2S. The third kappa shape index (κ3) is 2.29. The summed E-state index contributed by atoms with van der Waals surface area (Å²) < 4.78 is 29.8. The van der Waals surface area contributed by atoms with Crippen LogP contribution in [0.3, 0.4) is 0 Å². The Hall–Kier alpha value is -2.03. The second kappa shape index (κ2) is 6.01. The zero-order chi connectivity index (χ0) is 17.7. The molecule has 126 valence electrons. The molecule has 0 N–H and O–H groups in total. The van der Waals surface area contributed by atoms with E-state index in [0.717, 1.165) is 6.54 Å². The minimum atomic E-state index is -3.44. The van der Waals surface area contributed by atoms with Crippen LogP contribution in [-0.2, 0) is 9.84 Å². The fourth-order valence-corrected chi connectivity index (χ4v) is 19.3. The van der Waals surface area contributed by atoms with Gasteiger partial charge in [0.25, 0.3) is 0 Å². The van der Waals surface area contributed by atoms with Gasteiger partial charge in [0.1, 0.15) is 0 Å². The van der Waals surface area contributed by atoms with Gasteiger partial charge in [0, 0.05) is 0 Å². The molecule has 0 aliphatic carbocycles. The van der Waals surface area contributed by atoms with Gasteiger partial charge >= 0.3 is 161 Å². The fraction of sp³-hybridized carbons (Fsp3) is 0. The Bertz CT molecular complexity index is 1200. The first kappa shape index (κ1) is 16.2. The van der Waals surface area contributed by atoms with Gasteiger partial charge in [0.05, 0.1) is 0 Å². The van der Waals surface area contributed by atoms with E-state index in [2.05, 4.69) is 36.4 Å². The van der Waals surface area contributed by atoms with Gasteiger partial charge in [-0.05, 0) is 0 Å². The van der Waals surface area contributed by atoms with E-state index in [0.29, 0.717) is 9.79 Å². The molecule has 0 amide bonds. The van der Waals surface area contributed by atoms with Crippen molar-refractivity contribution in [3.63, 3.8) is 0 Å². The van der Waals surface area contributed by atoms with Gasteiger partial charge in [-0.3, -0.25) is 0 Å². The average molecular weight is 552 g/mol. The van der Waals surface area contributed by atoms with Crippen molar-refractivity contribution in [2.45, 2.75) is 9.79 Å². The Kier molecular flexibility index (Phi) is 3.74. The van der Waals surface area contributed by atoms with Crippen LogP contribution in [0.1, 0.15) is 0 Å². The summed E-state index contributed by atoms with van der Waals surface area (Å²) in [6.07, 6.45) is 0. The summed E-state index contributed by atoms with van der Waals surface area (Å²) in [5, 5.41) is 2.46. The van der Waals surface area contributed by atoms with Gasteiger partial charge in [-0.15, -0.1) is 0 Å². The number of hydrogen-bond acceptors (Lipinski definition) is 2. The summed E-state index contributed by atoms with van der Waals surface area (Å²) in [7, 11) is -3.44. The van der Waals surface area contributed by atoms with E-state index in [-0.39, 0.29) is 0 Å². The Morgan fingerprint density at radius 2 is 1.04 bits per heavy atom. The molecule has 0 radical (unpaired) electrons. The second-order valence-electron chi connectivity index (χ2n) is 6.27. The molecule has 4 aromatic rings. The molecule has 0 saturated carbocycles. The molecule has 0 aromatic heterocycles. The van der Waals surface area contributed by atoms with Crippen LogP contribution >= 0.6 is 0 Å². The van der Waals surface area contributed by atoms with Crippen molar-refractivity contribution in [1.29, 1.82) is 0 Å². The van der Waals surface area contributed by atoms with Gasteiger partial charge in [0.2, 0.25) is 0 Å². The van der Waals surface area contributed by atoms with Gasteiger partial charge in [0.15, 0.2) is 0 Å². The molecule has 0 atom stereocenters. The maximum absolute atomic E-state index is 13.2. The first-order valence-corrected chi connectivity index (χ1v) is 15.1. The van der Waals surface area contributed by atoms with Crippen molar-refractivity contribution in [3.8, 4) is 0 Å². The first-order valence-electron chi connectivity index (χ1n) is 8.39. The normalized spacial score (nSPS) is 15.4. The van der Waals surface area contributed by atoms with Crippen LogP contribution in [0.5, 0.6) is 0 Å². The van der Waals surface area contributed by atoms with Gasteiger partial charge in [-0.2, -0.15) is 0 Å². The molecule has 5 rings (SSSR count). The molecule has 0 unspecified atom stereocenters. The summed E-state index contributed by atoms with van der Waals surface area (Å²) in [4.78, 5) is 1.01. The van der Waals surface area contributed by atoms with Crippen molar-refractivity contribution < 1.29 is 8.42 Å². The van der Waals surface area contributed by atoms with Crippen LogP contribution in [0.2, 0.25) is 0 Å². The molecule has 4 heteroatoms. The third-order valence-corrected chi connectivity index (χ3v) is 18.1. The second-order valence-corrected chi connectivity index (χ2v) is 16.4. The standard InChI is InChI=1S/C12H8O2S.C10H7.Bi/c13-15(14,11-7-3-1-4-8-11)12-9-5-2-6-10-12;1-2-6-10-8-4-3-7-9(10)5-1;/h1-7,9H;1-7H;. The molecule has 0 spiro atoms. The monoisotopic (exact) mass is 552 g/mol. The summed E-state index contributed by atoms with van der Waals surface area (Å²) >= 11 is -2.73. The Balaban J connectivity index is 1.91. The predicted octanol–water partition coefficient (Wildman–Crippen LogP) is 2.50. The van der Waals surface area contributed by atoms with E-state index < -0.39 is 31.6 Å². The van der Waals surface area contributed by atoms with Crippen molar-refractivity contribution in [2.75, 3.05) is 0 Å². The van der Waals surface area contributed by atoms with Crippen LogP contribution < -0.4 is 9.81 Å². The van der Waals surface area contributed by atoms with Crippen LogP contribution in [0, 0.1) is 0 Å². The molecule has 1 aliphatic rings. The maximum atomic E-state index is 13.2. The molecular weight excluding hydrogens is 537 g/mol. The van der Waals surface area contributed by atoms with Crippen molar-refractivity contribution in [2.24, 2.45) is 0 Å². The van der Waals surface area contributed by atoms with E-state index in [1.54, 1.807) is 12.1 Å². The van der Waals surface area contributed by atoms with Gasteiger partial charge in [-0.1, -0.05) is 0 Å². The van der Waals surface area contributed by atoms with Crippen LogP contribution in [0.25, 0.3) is 10.8 Å². The molecule has 0 saturated heterocycles. The van der Waals surface area contributed by atoms with E-state index in [1.165, 1.54) is 14.0 Å². The zero-order valence-corrected chi connectivity index (χ0v) is 18.1. The van der Waals surface area contributed by atoms with E-state index >= 15 is 0 Å². The van der Waals surface area contributed by atoms with Gasteiger partial charge in [-0.25, -0.2) is 0 Å². The average Bonchev–Trinajstić information content (AvgIpc) is 2.69. The molecule has 4 aromatic carbocycles. The minimum absolute atomic E-state index is 0.504. The first-order chi connectivity index (χ1) is 12.7. The van der Waals surface area contributed by atoms with E-state index in [9.17, 15) is 8.42 Å². The molecule has 1 heterocycles. The van der Waals surface area contributed by atoms with E-state index in [1.807, 2.05) is 42.5 Å². The molecule has 26 heavy (non-hydrogen) atoms. The fourth-order valence-electron chi connectivity index (χ4n) is 3.65. The van der Waals surface area contributed by atoms with Crippen LogP contribution in [0.4, 0.5) is 0 Å². The molecule has 2 nitrogen and oxygen atoms in total. The third-order valence-electron chi connectivity index (χ3n) is 4.80. The number of fused-ring (bicyclic) bond motifs is 3. The Labute approximate surface area is 160 Å². The number of rotatable bonds is 1. The summed E-state index contributed by atoms with van der Waals surface area (Å²) in [5.41, 5.74) is 0. The summed E-state index contributed by atoms with van der Waals surface area (Å²) in [5.74, 6) is 0. The molecule has 0 bridgehead atoms. The van der Waals surface area contributed by atoms with Crippen LogP contribution in [0.15, 0.2) is 101 Å². The zero-order valence-electron chi connectivity index (χ0n) is 13.8. The summed E-state index contributed by atoms with van der Waals surface area (Å²) in [6, 6.07) is 30.0. The quantitative estimate of drug-likeness (QED) is 0.300. The molecule has 1 aliphatic heterocycles. The number of hydrogen-bond donors (Lipinski definition) is 0. The Morgan fingerprint density at radius 3 is 1.73 bits per heavy atom. The van der Waals surface area contributed by atoms with Crippen molar-refractivity contribution in [1.82, 2.24) is 0 Å². The topological polar surface area (TPSA) is 34.1 Å². The number of sulfone groups is 1.